The van der Waals surface area contributed by atoms with Gasteiger partial charge in [-0.3, -0.25) is 4.99 Å². The lowest BCUT2D eigenvalue weighted by Crippen LogP contribution is -2.42. The molecule has 0 bridgehead atoms. The number of rotatable bonds is 8. The summed E-state index contributed by atoms with van der Waals surface area (Å²) in [5.74, 6) is 3.55. The molecule has 7 nitrogen and oxygen atoms in total. The Bertz CT molecular complexity index is 515. The summed E-state index contributed by atoms with van der Waals surface area (Å²) in [5, 5.41) is 14.8. The zero-order valence-corrected chi connectivity index (χ0v) is 16.3. The van der Waals surface area contributed by atoms with E-state index in [1.54, 1.807) is 6.33 Å². The number of aryl methyl sites for hydroxylation is 1. The summed E-state index contributed by atoms with van der Waals surface area (Å²) in [5.41, 5.74) is 0. The van der Waals surface area contributed by atoms with Crippen molar-refractivity contribution >= 4 is 5.96 Å². The van der Waals surface area contributed by atoms with Crippen molar-refractivity contribution in [3.8, 4) is 0 Å². The second-order valence-electron chi connectivity index (χ2n) is 7.28. The van der Waals surface area contributed by atoms with Crippen molar-refractivity contribution in [1.29, 1.82) is 0 Å². The third-order valence-electron chi connectivity index (χ3n) is 4.77. The van der Waals surface area contributed by atoms with Gasteiger partial charge in [0.25, 0.3) is 0 Å². The van der Waals surface area contributed by atoms with Crippen molar-refractivity contribution in [3.05, 3.63) is 12.2 Å². The van der Waals surface area contributed by atoms with Gasteiger partial charge >= 0.3 is 0 Å². The molecule has 0 spiro atoms. The molecule has 1 aliphatic rings. The highest BCUT2D eigenvalue weighted by Gasteiger charge is 2.20. The highest BCUT2D eigenvalue weighted by molar-refractivity contribution is 5.79. The summed E-state index contributed by atoms with van der Waals surface area (Å²) in [6, 6.07) is 0. The van der Waals surface area contributed by atoms with E-state index in [1.807, 2.05) is 7.05 Å². The fraction of sp³-hybridized carbons (Fsp3) is 0.833. The number of hydrogen-bond donors (Lipinski definition) is 2. The van der Waals surface area contributed by atoms with Crippen LogP contribution >= 0.6 is 0 Å². The molecule has 2 rings (SSSR count). The molecule has 2 atom stereocenters. The minimum absolute atomic E-state index is 0.811. The normalized spacial score (nSPS) is 22.2. The third kappa shape index (κ3) is 6.65. The summed E-state index contributed by atoms with van der Waals surface area (Å²) < 4.78 is 2.08. The second-order valence-corrected chi connectivity index (χ2v) is 7.28. The van der Waals surface area contributed by atoms with Crippen molar-refractivity contribution in [2.45, 2.75) is 46.6 Å². The average molecular weight is 350 g/mol. The van der Waals surface area contributed by atoms with Crippen LogP contribution < -0.4 is 10.6 Å². The van der Waals surface area contributed by atoms with Gasteiger partial charge in [-0.05, 0) is 31.2 Å². The van der Waals surface area contributed by atoms with Crippen LogP contribution in [-0.2, 0) is 13.0 Å². The summed E-state index contributed by atoms with van der Waals surface area (Å²) in [4.78, 5) is 6.90. The molecule has 1 aromatic heterocycles. The van der Waals surface area contributed by atoms with Gasteiger partial charge in [0.05, 0.1) is 0 Å². The molecule has 2 heterocycles. The Morgan fingerprint density at radius 3 is 2.60 bits per heavy atom. The topological polar surface area (TPSA) is 70.4 Å². The number of aromatic nitrogens is 3. The summed E-state index contributed by atoms with van der Waals surface area (Å²) in [6.45, 7) is 13.1. The summed E-state index contributed by atoms with van der Waals surface area (Å²) >= 11 is 0. The molecule has 2 N–H and O–H groups in total. The first-order valence-corrected chi connectivity index (χ1v) is 9.65. The number of piperidine rings is 1. The summed E-state index contributed by atoms with van der Waals surface area (Å²) in [7, 11) is 1.82. The van der Waals surface area contributed by atoms with Crippen LogP contribution in [0.1, 0.15) is 39.4 Å². The minimum Gasteiger partial charge on any atom is -0.356 e. The predicted octanol–water partition coefficient (Wildman–Crippen LogP) is 1.37. The van der Waals surface area contributed by atoms with Crippen LogP contribution in [0.3, 0.4) is 0 Å². The van der Waals surface area contributed by atoms with Crippen LogP contribution in [0.25, 0.3) is 0 Å². The zero-order valence-electron chi connectivity index (χ0n) is 16.3. The Labute approximate surface area is 152 Å². The number of nitrogens with one attached hydrogen (secondary N) is 2. The van der Waals surface area contributed by atoms with E-state index in [0.29, 0.717) is 0 Å². The molecule has 7 heteroatoms. The Balaban J connectivity index is 1.60. The van der Waals surface area contributed by atoms with Crippen LogP contribution in [0.5, 0.6) is 0 Å². The quantitative estimate of drug-likeness (QED) is 0.421. The first kappa shape index (κ1) is 19.7. The van der Waals surface area contributed by atoms with Crippen molar-refractivity contribution in [2.24, 2.45) is 16.8 Å². The lowest BCUT2D eigenvalue weighted by Gasteiger charge is -2.35. The van der Waals surface area contributed by atoms with E-state index in [0.717, 1.165) is 56.1 Å². The van der Waals surface area contributed by atoms with Crippen LogP contribution in [0.15, 0.2) is 11.3 Å². The Morgan fingerprint density at radius 2 is 1.92 bits per heavy atom. The van der Waals surface area contributed by atoms with Gasteiger partial charge in [0.2, 0.25) is 0 Å². The largest absolute Gasteiger partial charge is 0.356 e. The molecule has 0 aliphatic carbocycles. The van der Waals surface area contributed by atoms with E-state index in [1.165, 1.54) is 26.1 Å². The van der Waals surface area contributed by atoms with Gasteiger partial charge in [-0.25, -0.2) is 0 Å². The van der Waals surface area contributed by atoms with Gasteiger partial charge in [-0.1, -0.05) is 20.8 Å². The van der Waals surface area contributed by atoms with Gasteiger partial charge in [0.1, 0.15) is 12.2 Å². The molecule has 25 heavy (non-hydrogen) atoms. The molecular weight excluding hydrogens is 314 g/mol. The standard InChI is InChI=1S/C18H35N7/c1-5-17-23-22-14-25(17)10-8-21-18(19-4)20-7-6-9-24-12-15(2)11-16(3)13-24/h14-16H,5-13H2,1-4H3,(H2,19,20,21). The molecule has 1 saturated heterocycles. The van der Waals surface area contributed by atoms with E-state index in [-0.39, 0.29) is 0 Å². The van der Waals surface area contributed by atoms with Crippen LogP contribution in [0, 0.1) is 11.8 Å². The van der Waals surface area contributed by atoms with Crippen molar-refractivity contribution < 1.29 is 0 Å². The lowest BCUT2D eigenvalue weighted by atomic mass is 9.92. The number of aliphatic imine (C=N–C) groups is 1. The van der Waals surface area contributed by atoms with Gasteiger partial charge in [-0.2, -0.15) is 0 Å². The Kier molecular flexibility index (Phi) is 8.18. The van der Waals surface area contributed by atoms with Gasteiger partial charge in [-0.15, -0.1) is 10.2 Å². The SMILES string of the molecule is CCc1nncn1CCNC(=NC)NCCCN1CC(C)CC(C)C1. The van der Waals surface area contributed by atoms with Gasteiger partial charge in [0.15, 0.2) is 5.96 Å². The highest BCUT2D eigenvalue weighted by atomic mass is 15.3. The van der Waals surface area contributed by atoms with E-state index >= 15 is 0 Å². The number of hydrogen-bond acceptors (Lipinski definition) is 4. The Morgan fingerprint density at radius 1 is 1.20 bits per heavy atom. The van der Waals surface area contributed by atoms with Crippen molar-refractivity contribution in [3.63, 3.8) is 0 Å². The zero-order chi connectivity index (χ0) is 18.1. The van der Waals surface area contributed by atoms with E-state index in [9.17, 15) is 0 Å². The third-order valence-corrected chi connectivity index (χ3v) is 4.77. The minimum atomic E-state index is 0.811. The molecular formula is C18H35N7. The van der Waals surface area contributed by atoms with Crippen LogP contribution in [-0.4, -0.2) is 65.4 Å². The molecule has 2 unspecified atom stereocenters. The number of likely N-dealkylation sites (tertiary alicyclic amines) is 1. The molecule has 0 aromatic carbocycles. The smallest absolute Gasteiger partial charge is 0.191 e. The number of guanidine groups is 1. The molecule has 0 radical (unpaired) electrons. The first-order chi connectivity index (χ1) is 12.1. The average Bonchev–Trinajstić information content (AvgIpc) is 3.03. The molecule has 0 saturated carbocycles. The van der Waals surface area contributed by atoms with E-state index in [2.05, 4.69) is 56.1 Å². The maximum Gasteiger partial charge on any atom is 0.191 e. The highest BCUT2D eigenvalue weighted by Crippen LogP contribution is 2.20. The fourth-order valence-corrected chi connectivity index (χ4v) is 3.74. The fourth-order valence-electron chi connectivity index (χ4n) is 3.74. The Hall–Kier alpha value is -1.63. The number of nitrogens with zero attached hydrogens (tertiary/aromatic N) is 5. The van der Waals surface area contributed by atoms with Crippen molar-refractivity contribution in [1.82, 2.24) is 30.3 Å². The van der Waals surface area contributed by atoms with E-state index in [4.69, 9.17) is 0 Å². The van der Waals surface area contributed by atoms with Gasteiger partial charge in [0, 0.05) is 46.2 Å². The van der Waals surface area contributed by atoms with E-state index < -0.39 is 0 Å². The molecule has 142 valence electrons. The summed E-state index contributed by atoms with van der Waals surface area (Å²) in [6.07, 6.45) is 5.21. The molecule has 0 amide bonds. The maximum absolute atomic E-state index is 4.30. The lowest BCUT2D eigenvalue weighted by molar-refractivity contribution is 0.140. The first-order valence-electron chi connectivity index (χ1n) is 9.65. The molecule has 1 fully saturated rings. The van der Waals surface area contributed by atoms with Crippen molar-refractivity contribution in [2.75, 3.05) is 39.8 Å². The predicted molar refractivity (Wildman–Crippen MR) is 103 cm³/mol. The monoisotopic (exact) mass is 349 g/mol. The van der Waals surface area contributed by atoms with Crippen LogP contribution in [0.4, 0.5) is 0 Å². The van der Waals surface area contributed by atoms with Crippen LogP contribution in [0.2, 0.25) is 0 Å². The van der Waals surface area contributed by atoms with Gasteiger partial charge < -0.3 is 20.1 Å². The second kappa shape index (κ2) is 10.4. The maximum atomic E-state index is 4.30. The molecule has 1 aromatic rings. The molecule has 1 aliphatic heterocycles.